The summed E-state index contributed by atoms with van der Waals surface area (Å²) in [6.45, 7) is 2.54. The van der Waals surface area contributed by atoms with Crippen molar-refractivity contribution in [3.63, 3.8) is 0 Å². The Morgan fingerprint density at radius 1 is 1.21 bits per heavy atom. The van der Waals surface area contributed by atoms with E-state index >= 15 is 0 Å². The molecule has 0 aliphatic heterocycles. The first kappa shape index (κ1) is 12.4. The lowest BCUT2D eigenvalue weighted by atomic mass is 10.2. The fourth-order valence-corrected chi connectivity index (χ4v) is 2.42. The van der Waals surface area contributed by atoms with Crippen molar-refractivity contribution in [1.29, 1.82) is 0 Å². The van der Waals surface area contributed by atoms with E-state index in [4.69, 9.17) is 4.74 Å². The zero-order chi connectivity index (χ0) is 13.2. The average Bonchev–Trinajstić information content (AvgIpc) is 2.82. The number of hydrogen-bond acceptors (Lipinski definition) is 3. The molecule has 0 unspecified atom stereocenters. The Morgan fingerprint density at radius 3 is 2.89 bits per heavy atom. The maximum absolute atomic E-state index is 5.38. The minimum absolute atomic E-state index is 0.604. The van der Waals surface area contributed by atoms with Crippen molar-refractivity contribution in [3.8, 4) is 17.3 Å². The molecule has 3 aromatic rings. The van der Waals surface area contributed by atoms with Gasteiger partial charge in [-0.3, -0.25) is 0 Å². The fourth-order valence-electron chi connectivity index (χ4n) is 1.88. The number of nitrogens with zero attached hydrogens (tertiary/aromatic N) is 2. The Labute approximate surface area is 124 Å². The Morgan fingerprint density at radius 2 is 2.11 bits per heavy atom. The fraction of sp³-hybridized carbons (Fsp3) is 0.143. The van der Waals surface area contributed by atoms with Crippen LogP contribution in [0.5, 0.6) is 5.88 Å². The molecule has 0 radical (unpaired) electrons. The normalized spacial score (nSPS) is 10.8. The zero-order valence-electron chi connectivity index (χ0n) is 10.4. The van der Waals surface area contributed by atoms with Crippen molar-refractivity contribution in [2.45, 2.75) is 6.92 Å². The number of rotatable bonds is 3. The molecule has 4 nitrogen and oxygen atoms in total. The molecule has 0 amide bonds. The third-order valence-corrected chi connectivity index (χ3v) is 3.38. The number of ether oxygens (including phenoxy) is 1. The number of aromatic amines is 1. The number of nitrogens with one attached hydrogen (secondary N) is 1. The third-order valence-electron chi connectivity index (χ3n) is 2.71. The summed E-state index contributed by atoms with van der Waals surface area (Å²) >= 11 is 2.29. The SMILES string of the molecule is CCOc1ccc2[nH]c(-c3cccc(I)c3)nc2n1. The van der Waals surface area contributed by atoms with Gasteiger partial charge in [0.25, 0.3) is 0 Å². The maximum Gasteiger partial charge on any atom is 0.215 e. The minimum Gasteiger partial charge on any atom is -0.478 e. The highest BCUT2D eigenvalue weighted by molar-refractivity contribution is 14.1. The second kappa shape index (κ2) is 5.16. The molecule has 5 heteroatoms. The van der Waals surface area contributed by atoms with Gasteiger partial charge >= 0.3 is 0 Å². The van der Waals surface area contributed by atoms with Crippen LogP contribution in [-0.2, 0) is 0 Å². The Balaban J connectivity index is 2.06. The van der Waals surface area contributed by atoms with Crippen molar-refractivity contribution in [2.24, 2.45) is 0 Å². The van der Waals surface area contributed by atoms with Crippen molar-refractivity contribution >= 4 is 33.8 Å². The van der Waals surface area contributed by atoms with Gasteiger partial charge in [-0.05, 0) is 47.7 Å². The number of halogens is 1. The van der Waals surface area contributed by atoms with Gasteiger partial charge in [0.1, 0.15) is 5.82 Å². The molecule has 1 N–H and O–H groups in total. The molecular formula is C14H12IN3O. The number of imidazole rings is 1. The molecule has 1 aromatic carbocycles. The van der Waals surface area contributed by atoms with Gasteiger partial charge in [-0.25, -0.2) is 4.98 Å². The highest BCUT2D eigenvalue weighted by atomic mass is 127. The molecule has 0 aliphatic carbocycles. The molecule has 96 valence electrons. The van der Waals surface area contributed by atoms with Gasteiger partial charge in [-0.1, -0.05) is 12.1 Å². The highest BCUT2D eigenvalue weighted by Gasteiger charge is 2.07. The van der Waals surface area contributed by atoms with E-state index in [1.807, 2.05) is 31.2 Å². The average molecular weight is 365 g/mol. The Hall–Kier alpha value is -1.63. The number of pyridine rings is 1. The van der Waals surface area contributed by atoms with Crippen LogP contribution < -0.4 is 4.74 Å². The monoisotopic (exact) mass is 365 g/mol. The standard InChI is InChI=1S/C14H12IN3O/c1-2-19-12-7-6-11-14(17-12)18-13(16-11)9-4-3-5-10(15)8-9/h3-8H,2H2,1H3,(H,16,17,18). The maximum atomic E-state index is 5.38. The smallest absolute Gasteiger partial charge is 0.215 e. The van der Waals surface area contributed by atoms with Crippen LogP contribution in [0.2, 0.25) is 0 Å². The van der Waals surface area contributed by atoms with Crippen LogP contribution in [0.3, 0.4) is 0 Å². The first-order valence-corrected chi connectivity index (χ1v) is 7.09. The molecule has 0 aliphatic rings. The quantitative estimate of drug-likeness (QED) is 0.722. The van der Waals surface area contributed by atoms with E-state index in [1.54, 1.807) is 0 Å². The van der Waals surface area contributed by atoms with E-state index in [2.05, 4.69) is 49.7 Å². The molecule has 0 bridgehead atoms. The number of hydrogen-bond donors (Lipinski definition) is 1. The Kier molecular flexibility index (Phi) is 3.37. The summed E-state index contributed by atoms with van der Waals surface area (Å²) in [5, 5.41) is 0. The van der Waals surface area contributed by atoms with Crippen molar-refractivity contribution in [2.75, 3.05) is 6.61 Å². The summed E-state index contributed by atoms with van der Waals surface area (Å²) in [6, 6.07) is 12.0. The van der Waals surface area contributed by atoms with Crippen LogP contribution in [0.1, 0.15) is 6.92 Å². The number of H-pyrrole nitrogens is 1. The molecule has 0 saturated carbocycles. The first-order chi connectivity index (χ1) is 9.26. The van der Waals surface area contributed by atoms with Crippen LogP contribution in [0.25, 0.3) is 22.6 Å². The minimum atomic E-state index is 0.604. The highest BCUT2D eigenvalue weighted by Crippen LogP contribution is 2.22. The van der Waals surface area contributed by atoms with Crippen LogP contribution >= 0.6 is 22.6 Å². The molecule has 0 atom stereocenters. The molecule has 0 fully saturated rings. The van der Waals surface area contributed by atoms with Gasteiger partial charge in [0.05, 0.1) is 12.1 Å². The predicted octanol–water partition coefficient (Wildman–Crippen LogP) is 3.63. The lowest BCUT2D eigenvalue weighted by Crippen LogP contribution is -1.93. The van der Waals surface area contributed by atoms with Gasteiger partial charge in [-0.2, -0.15) is 4.98 Å². The van der Waals surface area contributed by atoms with Crippen LogP contribution in [0.15, 0.2) is 36.4 Å². The first-order valence-electron chi connectivity index (χ1n) is 6.02. The van der Waals surface area contributed by atoms with Gasteiger partial charge < -0.3 is 9.72 Å². The summed E-state index contributed by atoms with van der Waals surface area (Å²) in [5.41, 5.74) is 2.65. The molecule has 2 aromatic heterocycles. The Bertz CT molecular complexity index is 724. The third kappa shape index (κ3) is 2.56. The van der Waals surface area contributed by atoms with Crippen LogP contribution in [-0.4, -0.2) is 21.6 Å². The van der Waals surface area contributed by atoms with E-state index in [0.29, 0.717) is 18.1 Å². The molecule has 2 heterocycles. The second-order valence-electron chi connectivity index (χ2n) is 4.05. The van der Waals surface area contributed by atoms with Crippen molar-refractivity contribution < 1.29 is 4.74 Å². The second-order valence-corrected chi connectivity index (χ2v) is 5.30. The van der Waals surface area contributed by atoms with Gasteiger partial charge in [0.15, 0.2) is 5.65 Å². The number of benzene rings is 1. The summed E-state index contributed by atoms with van der Waals surface area (Å²) in [7, 11) is 0. The number of aromatic nitrogens is 3. The summed E-state index contributed by atoms with van der Waals surface area (Å²) in [4.78, 5) is 12.2. The molecular weight excluding hydrogens is 353 g/mol. The van der Waals surface area contributed by atoms with Crippen molar-refractivity contribution in [1.82, 2.24) is 15.0 Å². The van der Waals surface area contributed by atoms with Crippen molar-refractivity contribution in [3.05, 3.63) is 40.0 Å². The molecule has 3 rings (SSSR count). The van der Waals surface area contributed by atoms with Gasteiger partial charge in [0.2, 0.25) is 5.88 Å². The van der Waals surface area contributed by atoms with E-state index in [-0.39, 0.29) is 0 Å². The van der Waals surface area contributed by atoms with Crippen LogP contribution in [0, 0.1) is 3.57 Å². The molecule has 0 spiro atoms. The molecule has 0 saturated heterocycles. The predicted molar refractivity (Wildman–Crippen MR) is 83.2 cm³/mol. The van der Waals surface area contributed by atoms with E-state index in [0.717, 1.165) is 16.9 Å². The van der Waals surface area contributed by atoms with E-state index in [1.165, 1.54) is 3.57 Å². The lowest BCUT2D eigenvalue weighted by Gasteiger charge is -1.99. The largest absolute Gasteiger partial charge is 0.478 e. The van der Waals surface area contributed by atoms with Gasteiger partial charge in [-0.15, -0.1) is 0 Å². The zero-order valence-corrected chi connectivity index (χ0v) is 12.5. The van der Waals surface area contributed by atoms with Gasteiger partial charge in [0, 0.05) is 15.2 Å². The topological polar surface area (TPSA) is 50.8 Å². The summed E-state index contributed by atoms with van der Waals surface area (Å²) < 4.78 is 6.56. The van der Waals surface area contributed by atoms with Crippen LogP contribution in [0.4, 0.5) is 0 Å². The summed E-state index contributed by atoms with van der Waals surface area (Å²) in [6.07, 6.45) is 0. The lowest BCUT2D eigenvalue weighted by molar-refractivity contribution is 0.328. The molecule has 19 heavy (non-hydrogen) atoms. The van der Waals surface area contributed by atoms with E-state index < -0.39 is 0 Å². The number of fused-ring (bicyclic) bond motifs is 1. The summed E-state index contributed by atoms with van der Waals surface area (Å²) in [5.74, 6) is 1.44. The van der Waals surface area contributed by atoms with E-state index in [9.17, 15) is 0 Å².